The van der Waals surface area contributed by atoms with Crippen LogP contribution in [0.1, 0.15) is 39.2 Å². The van der Waals surface area contributed by atoms with Gasteiger partial charge in [-0.3, -0.25) is 9.79 Å². The molecule has 2 rings (SSSR count). The third-order valence-corrected chi connectivity index (χ3v) is 4.24. The lowest BCUT2D eigenvalue weighted by molar-refractivity contribution is -0.121. The van der Waals surface area contributed by atoms with Crippen molar-refractivity contribution in [1.29, 1.82) is 0 Å². The van der Waals surface area contributed by atoms with Crippen LogP contribution < -0.4 is 10.6 Å². The Morgan fingerprint density at radius 1 is 1.24 bits per heavy atom. The van der Waals surface area contributed by atoms with Crippen LogP contribution in [0.5, 0.6) is 0 Å². The van der Waals surface area contributed by atoms with Crippen molar-refractivity contribution in [2.24, 2.45) is 10.4 Å². The first kappa shape index (κ1) is 21.7. The van der Waals surface area contributed by atoms with Crippen molar-refractivity contribution in [2.45, 2.75) is 40.2 Å². The number of hydrogen-bond acceptors (Lipinski definition) is 2. The van der Waals surface area contributed by atoms with Gasteiger partial charge < -0.3 is 15.5 Å². The maximum atomic E-state index is 12.0. The summed E-state index contributed by atoms with van der Waals surface area (Å²) in [6.07, 6.45) is 1.59. The lowest BCUT2D eigenvalue weighted by Crippen LogP contribution is -2.41. The third kappa shape index (κ3) is 7.63. The van der Waals surface area contributed by atoms with Gasteiger partial charge in [-0.15, -0.1) is 24.0 Å². The predicted molar refractivity (Wildman–Crippen MR) is 114 cm³/mol. The second kappa shape index (κ2) is 10.6. The monoisotopic (exact) mass is 458 g/mol. The van der Waals surface area contributed by atoms with Gasteiger partial charge in [-0.2, -0.15) is 0 Å². The highest BCUT2D eigenvalue weighted by Gasteiger charge is 2.30. The van der Waals surface area contributed by atoms with Gasteiger partial charge in [0.1, 0.15) is 0 Å². The van der Waals surface area contributed by atoms with E-state index < -0.39 is 0 Å². The van der Waals surface area contributed by atoms with E-state index in [0.717, 1.165) is 31.2 Å². The molecule has 1 aromatic rings. The Bertz CT molecular complexity index is 560. The zero-order valence-corrected chi connectivity index (χ0v) is 17.9. The molecule has 0 unspecified atom stereocenters. The molecule has 1 aliphatic heterocycles. The maximum Gasteiger partial charge on any atom is 0.222 e. The number of likely N-dealkylation sites (tertiary alicyclic amines) is 1. The molecule has 1 aliphatic rings. The fourth-order valence-electron chi connectivity index (χ4n) is 2.87. The summed E-state index contributed by atoms with van der Waals surface area (Å²) >= 11 is 0. The van der Waals surface area contributed by atoms with Crippen LogP contribution >= 0.6 is 24.0 Å². The molecule has 1 amide bonds. The quantitative estimate of drug-likeness (QED) is 0.392. The number of rotatable bonds is 6. The highest BCUT2D eigenvalue weighted by Crippen LogP contribution is 2.28. The first-order valence-corrected chi connectivity index (χ1v) is 8.84. The largest absolute Gasteiger partial charge is 0.357 e. The van der Waals surface area contributed by atoms with E-state index in [1.165, 1.54) is 6.42 Å². The molecular weight excluding hydrogens is 427 g/mol. The van der Waals surface area contributed by atoms with Crippen molar-refractivity contribution in [3.05, 3.63) is 35.9 Å². The summed E-state index contributed by atoms with van der Waals surface area (Å²) < 4.78 is 0. The molecule has 1 fully saturated rings. The van der Waals surface area contributed by atoms with E-state index in [-0.39, 0.29) is 29.9 Å². The molecule has 2 N–H and O–H groups in total. The van der Waals surface area contributed by atoms with Gasteiger partial charge in [0.25, 0.3) is 0 Å². The topological polar surface area (TPSA) is 56.7 Å². The summed E-state index contributed by atoms with van der Waals surface area (Å²) in [7, 11) is 0. The second-order valence-electron chi connectivity index (χ2n) is 7.08. The zero-order chi connectivity index (χ0) is 17.4. The van der Waals surface area contributed by atoms with Crippen LogP contribution in [0.25, 0.3) is 0 Å². The van der Waals surface area contributed by atoms with Crippen molar-refractivity contribution in [3.8, 4) is 0 Å². The lowest BCUT2D eigenvalue weighted by atomic mass is 9.93. The third-order valence-electron chi connectivity index (χ3n) is 4.24. The molecule has 0 bridgehead atoms. The number of amides is 1. The molecular formula is C19H31IN4O. The SMILES string of the molecule is CCNC(=NCCC(=O)NCc1ccccc1)N1CCC(C)(C)C1.I. The molecule has 0 radical (unpaired) electrons. The minimum absolute atomic E-state index is 0. The van der Waals surface area contributed by atoms with Gasteiger partial charge >= 0.3 is 0 Å². The fraction of sp³-hybridized carbons (Fsp3) is 0.579. The number of nitrogens with zero attached hydrogens (tertiary/aromatic N) is 2. The molecule has 0 aromatic heterocycles. The number of halogens is 1. The zero-order valence-electron chi connectivity index (χ0n) is 15.5. The fourth-order valence-corrected chi connectivity index (χ4v) is 2.87. The predicted octanol–water partition coefficient (Wildman–Crippen LogP) is 3.01. The Labute approximate surface area is 168 Å². The van der Waals surface area contributed by atoms with Crippen molar-refractivity contribution < 1.29 is 4.79 Å². The van der Waals surface area contributed by atoms with E-state index >= 15 is 0 Å². The number of hydrogen-bond donors (Lipinski definition) is 2. The first-order chi connectivity index (χ1) is 11.5. The van der Waals surface area contributed by atoms with E-state index in [1.54, 1.807) is 0 Å². The van der Waals surface area contributed by atoms with E-state index in [4.69, 9.17) is 0 Å². The van der Waals surface area contributed by atoms with E-state index in [1.807, 2.05) is 30.3 Å². The molecule has 0 aliphatic carbocycles. The number of benzene rings is 1. The first-order valence-electron chi connectivity index (χ1n) is 8.84. The Balaban J connectivity index is 0.00000312. The summed E-state index contributed by atoms with van der Waals surface area (Å²) in [4.78, 5) is 18.9. The van der Waals surface area contributed by atoms with Crippen LogP contribution in [-0.2, 0) is 11.3 Å². The highest BCUT2D eigenvalue weighted by atomic mass is 127. The van der Waals surface area contributed by atoms with Crippen LogP contribution in [0.4, 0.5) is 0 Å². The minimum Gasteiger partial charge on any atom is -0.357 e. The number of carbonyl (C=O) groups excluding carboxylic acids is 1. The van der Waals surface area contributed by atoms with Crippen molar-refractivity contribution in [1.82, 2.24) is 15.5 Å². The minimum atomic E-state index is 0. The highest BCUT2D eigenvalue weighted by molar-refractivity contribution is 14.0. The molecule has 0 spiro atoms. The average Bonchev–Trinajstić information content (AvgIpc) is 2.93. The summed E-state index contributed by atoms with van der Waals surface area (Å²) in [5, 5.41) is 6.28. The summed E-state index contributed by atoms with van der Waals surface area (Å²) in [6.45, 7) is 10.6. The van der Waals surface area contributed by atoms with Crippen LogP contribution in [-0.4, -0.2) is 42.9 Å². The molecule has 5 nitrogen and oxygen atoms in total. The molecule has 25 heavy (non-hydrogen) atoms. The molecule has 1 saturated heterocycles. The molecule has 0 atom stereocenters. The number of carbonyl (C=O) groups is 1. The van der Waals surface area contributed by atoms with Crippen molar-refractivity contribution in [2.75, 3.05) is 26.2 Å². The van der Waals surface area contributed by atoms with E-state index in [9.17, 15) is 4.79 Å². The van der Waals surface area contributed by atoms with Gasteiger partial charge in [0.2, 0.25) is 5.91 Å². The number of aliphatic imine (C=N–C) groups is 1. The van der Waals surface area contributed by atoms with Crippen molar-refractivity contribution >= 4 is 35.8 Å². The lowest BCUT2D eigenvalue weighted by Gasteiger charge is -2.23. The van der Waals surface area contributed by atoms with Gasteiger partial charge in [0.15, 0.2) is 5.96 Å². The Kier molecular flexibility index (Phi) is 9.24. The van der Waals surface area contributed by atoms with Crippen LogP contribution in [0.2, 0.25) is 0 Å². The van der Waals surface area contributed by atoms with Crippen LogP contribution in [0.15, 0.2) is 35.3 Å². The van der Waals surface area contributed by atoms with Gasteiger partial charge in [0.05, 0.1) is 6.54 Å². The number of guanidine groups is 1. The second-order valence-corrected chi connectivity index (χ2v) is 7.08. The smallest absolute Gasteiger partial charge is 0.222 e. The normalized spacial score (nSPS) is 16.3. The summed E-state index contributed by atoms with van der Waals surface area (Å²) in [5.74, 6) is 0.971. The Hall–Kier alpha value is -1.31. The molecule has 140 valence electrons. The maximum absolute atomic E-state index is 12.0. The van der Waals surface area contributed by atoms with Gasteiger partial charge in [0, 0.05) is 32.6 Å². The van der Waals surface area contributed by atoms with Gasteiger partial charge in [-0.25, -0.2) is 0 Å². The molecule has 1 aromatic carbocycles. The van der Waals surface area contributed by atoms with E-state index in [0.29, 0.717) is 24.9 Å². The molecule has 1 heterocycles. The van der Waals surface area contributed by atoms with Gasteiger partial charge in [-0.1, -0.05) is 44.2 Å². The summed E-state index contributed by atoms with van der Waals surface area (Å²) in [6, 6.07) is 9.95. The van der Waals surface area contributed by atoms with E-state index in [2.05, 4.69) is 41.3 Å². The number of nitrogens with one attached hydrogen (secondary N) is 2. The molecule has 0 saturated carbocycles. The molecule has 6 heteroatoms. The average molecular weight is 458 g/mol. The summed E-state index contributed by atoms with van der Waals surface area (Å²) in [5.41, 5.74) is 1.45. The Morgan fingerprint density at radius 3 is 2.56 bits per heavy atom. The van der Waals surface area contributed by atoms with Crippen LogP contribution in [0.3, 0.4) is 0 Å². The van der Waals surface area contributed by atoms with Gasteiger partial charge in [-0.05, 0) is 24.3 Å². The van der Waals surface area contributed by atoms with Crippen molar-refractivity contribution in [3.63, 3.8) is 0 Å². The Morgan fingerprint density at radius 2 is 1.96 bits per heavy atom. The standard InChI is InChI=1S/C19H30N4O.HI/c1-4-20-18(23-13-11-19(2,3)15-23)21-12-10-17(24)22-14-16-8-6-5-7-9-16;/h5-9H,4,10-15H2,1-3H3,(H,20,21)(H,22,24);1H. The van der Waals surface area contributed by atoms with Crippen LogP contribution in [0, 0.1) is 5.41 Å².